The summed E-state index contributed by atoms with van der Waals surface area (Å²) < 4.78 is 34.5. The molecule has 5 nitrogen and oxygen atoms in total. The van der Waals surface area contributed by atoms with Gasteiger partial charge in [-0.1, -0.05) is 18.2 Å². The number of halogens is 1. The minimum Gasteiger partial charge on any atom is -0.507 e. The van der Waals surface area contributed by atoms with E-state index in [-0.39, 0.29) is 29.6 Å². The average Bonchev–Trinajstić information content (AvgIpc) is 1.97. The maximum absolute atomic E-state index is 9.21. The number of phenols is 1. The molecule has 0 aliphatic heterocycles. The van der Waals surface area contributed by atoms with Gasteiger partial charge in [-0.15, -0.1) is 0 Å². The first kappa shape index (κ1) is 18.0. The Kier molecular flexibility index (Phi) is 9.34. The van der Waals surface area contributed by atoms with Crippen molar-refractivity contribution in [1.82, 2.24) is 0 Å². The van der Waals surface area contributed by atoms with E-state index in [1.807, 2.05) is 32.0 Å². The fraction of sp³-hybridized carbons (Fsp3) is 0.250. The summed E-state index contributed by atoms with van der Waals surface area (Å²) in [6, 6.07) is 5.72. The summed E-state index contributed by atoms with van der Waals surface area (Å²) >= 11 is -5.94. The smallest absolute Gasteiger partial charge is 0.507 e. The summed E-state index contributed by atoms with van der Waals surface area (Å²) in [6.07, 6.45) is 0. The van der Waals surface area contributed by atoms with Crippen molar-refractivity contribution in [2.24, 2.45) is 0 Å². The molecular weight excluding hydrogens is 326 g/mol. The fourth-order valence-electron chi connectivity index (χ4n) is 0.806. The Labute approximate surface area is 116 Å². The molecule has 80 valence electrons. The number of aryl methyl sites for hydroxylation is 2. The van der Waals surface area contributed by atoms with Gasteiger partial charge in [0.2, 0.25) is 0 Å². The summed E-state index contributed by atoms with van der Waals surface area (Å²) in [7, 11) is 0. The van der Waals surface area contributed by atoms with Crippen molar-refractivity contribution in [2.45, 2.75) is 13.8 Å². The number of phenolic OH excluding ortho intramolecular Hbond substituents is 1. The van der Waals surface area contributed by atoms with Gasteiger partial charge in [-0.05, 0) is 25.0 Å². The summed E-state index contributed by atoms with van der Waals surface area (Å²) in [5, 5.41) is 9.21. The first-order valence-electron chi connectivity index (χ1n) is 3.58. The van der Waals surface area contributed by atoms with Crippen LogP contribution in [-0.2, 0) is 0 Å². The molecule has 0 amide bonds. The molecule has 0 aromatic heterocycles. The molecule has 0 heterocycles. The molecule has 0 bridgehead atoms. The van der Waals surface area contributed by atoms with Gasteiger partial charge >= 0.3 is 29.6 Å². The molecule has 1 aromatic rings. The van der Waals surface area contributed by atoms with Crippen molar-refractivity contribution in [3.8, 4) is 5.75 Å². The SMILES string of the molecule is Cc1cccc(C)c1O.[Na+].[O-][I+3]([O-])([O-])[O-]. The first-order chi connectivity index (χ1) is 6.22. The number of para-hydroxylation sites is 1. The quantitative estimate of drug-likeness (QED) is 0.374. The summed E-state index contributed by atoms with van der Waals surface area (Å²) in [5.74, 6) is 0.414. The van der Waals surface area contributed by atoms with E-state index in [9.17, 15) is 5.11 Å². The van der Waals surface area contributed by atoms with Gasteiger partial charge in [0.15, 0.2) is 0 Å². The summed E-state index contributed by atoms with van der Waals surface area (Å²) in [4.78, 5) is 0. The van der Waals surface area contributed by atoms with Gasteiger partial charge in [-0.2, -0.15) is 0 Å². The van der Waals surface area contributed by atoms with E-state index in [4.69, 9.17) is 13.7 Å². The molecule has 7 heteroatoms. The zero-order valence-corrected chi connectivity index (χ0v) is 12.8. The molecule has 1 rings (SSSR count). The fourth-order valence-corrected chi connectivity index (χ4v) is 0.806. The van der Waals surface area contributed by atoms with Crippen LogP contribution in [-0.4, -0.2) is 5.11 Å². The third kappa shape index (κ3) is 10.9. The van der Waals surface area contributed by atoms with E-state index < -0.39 is 20.1 Å². The number of hydrogen-bond donors (Lipinski definition) is 1. The molecule has 15 heavy (non-hydrogen) atoms. The largest absolute Gasteiger partial charge is 1.00 e. The van der Waals surface area contributed by atoms with Crippen LogP contribution in [0.2, 0.25) is 0 Å². The van der Waals surface area contributed by atoms with Crippen molar-refractivity contribution >= 4 is 0 Å². The Morgan fingerprint density at radius 1 is 1.00 bits per heavy atom. The number of benzene rings is 1. The van der Waals surface area contributed by atoms with E-state index in [1.165, 1.54) is 0 Å². The van der Waals surface area contributed by atoms with Crippen LogP contribution in [0, 0.1) is 13.8 Å². The van der Waals surface area contributed by atoms with Crippen molar-refractivity contribution in [3.05, 3.63) is 29.3 Å². The monoisotopic (exact) mass is 336 g/mol. The molecule has 0 saturated heterocycles. The van der Waals surface area contributed by atoms with Crippen LogP contribution in [0.1, 0.15) is 11.1 Å². The second-order valence-electron chi connectivity index (χ2n) is 2.62. The van der Waals surface area contributed by atoms with Gasteiger partial charge in [0.25, 0.3) is 0 Å². The van der Waals surface area contributed by atoms with Crippen molar-refractivity contribution in [1.29, 1.82) is 0 Å². The molecule has 1 aromatic carbocycles. The minimum atomic E-state index is -5.94. The number of hydrogen-bond acceptors (Lipinski definition) is 5. The average molecular weight is 336 g/mol. The maximum Gasteiger partial charge on any atom is 1.00 e. The topological polar surface area (TPSA) is 112 Å². The van der Waals surface area contributed by atoms with Crippen LogP contribution in [0.5, 0.6) is 5.75 Å². The Morgan fingerprint density at radius 2 is 1.27 bits per heavy atom. The molecule has 0 saturated carbocycles. The maximum atomic E-state index is 9.21. The summed E-state index contributed by atoms with van der Waals surface area (Å²) in [6.45, 7) is 3.78. The second-order valence-corrected chi connectivity index (χ2v) is 4.78. The Balaban J connectivity index is 0. The van der Waals surface area contributed by atoms with E-state index >= 15 is 0 Å². The van der Waals surface area contributed by atoms with Gasteiger partial charge in [0.1, 0.15) is 25.8 Å². The van der Waals surface area contributed by atoms with Gasteiger partial charge in [0, 0.05) is 0 Å². The minimum absolute atomic E-state index is 0. The van der Waals surface area contributed by atoms with Gasteiger partial charge in [-0.25, -0.2) is 0 Å². The standard InChI is InChI=1S/C8H10O.IO4.Na/c1-6-4-3-5-7(2)8(6)9;2-1(3,4)5;/h3-5,9H,1-2H3;;/q;-1;+1. The van der Waals surface area contributed by atoms with Crippen LogP contribution < -0.4 is 63.4 Å². The van der Waals surface area contributed by atoms with Crippen LogP contribution in [0.25, 0.3) is 0 Å². The first-order valence-corrected chi connectivity index (χ1v) is 7.11. The zero-order chi connectivity index (χ0) is 11.4. The van der Waals surface area contributed by atoms with Crippen molar-refractivity contribution in [2.75, 3.05) is 0 Å². The zero-order valence-electron chi connectivity index (χ0n) is 8.69. The predicted molar refractivity (Wildman–Crippen MR) is 37.6 cm³/mol. The number of aromatic hydroxyl groups is 1. The van der Waals surface area contributed by atoms with E-state index in [2.05, 4.69) is 0 Å². The van der Waals surface area contributed by atoms with Crippen LogP contribution in [0.4, 0.5) is 0 Å². The molecule has 0 aliphatic rings. The second kappa shape index (κ2) is 7.80. The molecule has 0 atom stereocenters. The van der Waals surface area contributed by atoms with Crippen LogP contribution in [0.15, 0.2) is 18.2 Å². The molecule has 0 unspecified atom stereocenters. The van der Waals surface area contributed by atoms with E-state index in [1.54, 1.807) is 0 Å². The van der Waals surface area contributed by atoms with Gasteiger partial charge < -0.3 is 5.11 Å². The third-order valence-corrected chi connectivity index (χ3v) is 1.44. The Bertz CT molecular complexity index is 273. The van der Waals surface area contributed by atoms with E-state index in [0.29, 0.717) is 5.75 Å². The summed E-state index contributed by atoms with van der Waals surface area (Å²) in [5.41, 5.74) is 1.88. The van der Waals surface area contributed by atoms with E-state index in [0.717, 1.165) is 11.1 Å². The van der Waals surface area contributed by atoms with Gasteiger partial charge in [-0.3, -0.25) is 13.7 Å². The molecule has 0 spiro atoms. The third-order valence-electron chi connectivity index (χ3n) is 1.44. The predicted octanol–water partition coefficient (Wildman–Crippen LogP) is -8.74. The van der Waals surface area contributed by atoms with Crippen LogP contribution in [0.3, 0.4) is 0 Å². The number of rotatable bonds is 0. The molecule has 1 N–H and O–H groups in total. The molecule has 0 fully saturated rings. The van der Waals surface area contributed by atoms with Crippen LogP contribution >= 0.6 is 0 Å². The molecule has 0 radical (unpaired) electrons. The van der Waals surface area contributed by atoms with Crippen molar-refractivity contribution < 1.29 is 68.5 Å². The molecular formula is C8H10INaO5. The van der Waals surface area contributed by atoms with Crippen molar-refractivity contribution in [3.63, 3.8) is 0 Å². The normalized spacial score (nSPS) is 9.73. The molecule has 0 aliphatic carbocycles. The Morgan fingerprint density at radius 3 is 1.47 bits per heavy atom. The van der Waals surface area contributed by atoms with Gasteiger partial charge in [0.05, 0.1) is 0 Å². The Hall–Kier alpha value is 0.590.